The van der Waals surface area contributed by atoms with Gasteiger partial charge in [0, 0.05) is 13.1 Å². The van der Waals surface area contributed by atoms with Crippen molar-refractivity contribution in [2.24, 2.45) is 10.8 Å². The minimum absolute atomic E-state index is 0.0888. The molecule has 0 radical (unpaired) electrons. The van der Waals surface area contributed by atoms with Gasteiger partial charge in [-0.25, -0.2) is 4.79 Å². The summed E-state index contributed by atoms with van der Waals surface area (Å²) in [6.45, 7) is 2.35. The van der Waals surface area contributed by atoms with Gasteiger partial charge < -0.3 is 20.2 Å². The normalized spacial score (nSPS) is 33.2. The molecule has 7 heteroatoms. The van der Waals surface area contributed by atoms with Gasteiger partial charge in [-0.15, -0.1) is 0 Å². The van der Waals surface area contributed by atoms with Crippen molar-refractivity contribution in [3.8, 4) is 0 Å². The number of piperidine rings is 1. The number of rotatable bonds is 2. The topological polar surface area (TPSA) is 115 Å². The second-order valence-corrected chi connectivity index (χ2v) is 5.05. The molecule has 1 aliphatic rings. The van der Waals surface area contributed by atoms with Gasteiger partial charge in [0.2, 0.25) is 0 Å². The van der Waals surface area contributed by atoms with Crippen molar-refractivity contribution < 1.29 is 29.7 Å². The van der Waals surface area contributed by atoms with Crippen molar-refractivity contribution in [1.29, 1.82) is 0 Å². The van der Waals surface area contributed by atoms with Gasteiger partial charge >= 0.3 is 18.0 Å². The lowest BCUT2D eigenvalue weighted by atomic mass is 9.69. The molecular weight excluding hydrogens is 230 g/mol. The summed E-state index contributed by atoms with van der Waals surface area (Å²) >= 11 is 0. The molecule has 0 spiro atoms. The van der Waals surface area contributed by atoms with Crippen LogP contribution in [-0.2, 0) is 9.59 Å². The zero-order valence-electron chi connectivity index (χ0n) is 9.63. The highest BCUT2D eigenvalue weighted by atomic mass is 16.4. The first-order valence-corrected chi connectivity index (χ1v) is 5.05. The number of carbonyl (C=O) groups is 3. The Hall–Kier alpha value is -1.79. The van der Waals surface area contributed by atoms with Crippen LogP contribution >= 0.6 is 0 Å². The van der Waals surface area contributed by atoms with Crippen LogP contribution in [0.2, 0.25) is 0 Å². The predicted octanol–water partition coefficient (Wildman–Crippen LogP) is 0.552. The molecule has 1 aliphatic heterocycles. The summed E-state index contributed by atoms with van der Waals surface area (Å²) in [6.07, 6.45) is -1.39. The summed E-state index contributed by atoms with van der Waals surface area (Å²) in [5.74, 6) is -2.37. The molecule has 3 N–H and O–H groups in total. The zero-order valence-corrected chi connectivity index (χ0v) is 9.63. The van der Waals surface area contributed by atoms with Crippen LogP contribution in [-0.4, -0.2) is 51.3 Å². The highest BCUT2D eigenvalue weighted by molar-refractivity contribution is 5.81. The van der Waals surface area contributed by atoms with Gasteiger partial charge in [-0.2, -0.15) is 0 Å². The van der Waals surface area contributed by atoms with Crippen molar-refractivity contribution >= 4 is 18.0 Å². The monoisotopic (exact) mass is 245 g/mol. The maximum absolute atomic E-state index is 11.1. The van der Waals surface area contributed by atoms with E-state index in [1.165, 1.54) is 13.8 Å². The minimum Gasteiger partial charge on any atom is -0.481 e. The number of carboxylic acids is 2. The van der Waals surface area contributed by atoms with E-state index in [0.29, 0.717) is 0 Å². The summed E-state index contributed by atoms with van der Waals surface area (Å²) in [6, 6.07) is 0. The molecule has 2 unspecified atom stereocenters. The van der Waals surface area contributed by atoms with Crippen LogP contribution in [0.4, 0.5) is 4.79 Å². The SMILES string of the molecule is CC1(C(=O)O)CN(C(=O)O)CC(C)(C(=O)O)C1. The van der Waals surface area contributed by atoms with Crippen LogP contribution in [0.1, 0.15) is 20.3 Å². The average Bonchev–Trinajstić information content (AvgIpc) is 2.15. The van der Waals surface area contributed by atoms with Crippen molar-refractivity contribution in [1.82, 2.24) is 4.90 Å². The summed E-state index contributed by atoms with van der Waals surface area (Å²) in [5.41, 5.74) is -2.74. The lowest BCUT2D eigenvalue weighted by molar-refractivity contribution is -0.163. The molecule has 2 atom stereocenters. The molecule has 0 bridgehead atoms. The Labute approximate surface area is 97.6 Å². The van der Waals surface area contributed by atoms with Gasteiger partial charge in [-0.1, -0.05) is 0 Å². The number of hydrogen-bond acceptors (Lipinski definition) is 3. The molecule has 17 heavy (non-hydrogen) atoms. The van der Waals surface area contributed by atoms with E-state index in [-0.39, 0.29) is 19.5 Å². The van der Waals surface area contributed by atoms with Gasteiger partial charge in [0.05, 0.1) is 10.8 Å². The molecule has 0 aromatic rings. The third-order valence-corrected chi connectivity index (χ3v) is 3.16. The fourth-order valence-corrected chi connectivity index (χ4v) is 2.29. The Morgan fingerprint density at radius 2 is 1.29 bits per heavy atom. The molecular formula is C10H15NO6. The van der Waals surface area contributed by atoms with Crippen molar-refractivity contribution in [3.63, 3.8) is 0 Å². The number of carboxylic acid groups (broad SMARTS) is 3. The smallest absolute Gasteiger partial charge is 0.407 e. The molecule has 96 valence electrons. The quantitative estimate of drug-likeness (QED) is 0.654. The zero-order chi connectivity index (χ0) is 13.4. The highest BCUT2D eigenvalue weighted by Gasteiger charge is 2.52. The molecule has 1 saturated heterocycles. The van der Waals surface area contributed by atoms with Crippen molar-refractivity contribution in [2.45, 2.75) is 20.3 Å². The summed E-state index contributed by atoms with van der Waals surface area (Å²) in [7, 11) is 0. The van der Waals surface area contributed by atoms with Crippen LogP contribution in [0.25, 0.3) is 0 Å². The average molecular weight is 245 g/mol. The maximum Gasteiger partial charge on any atom is 0.407 e. The Bertz CT molecular complexity index is 353. The number of likely N-dealkylation sites (tertiary alicyclic amines) is 1. The lowest BCUT2D eigenvalue weighted by Crippen LogP contribution is -2.57. The Balaban J connectivity index is 3.12. The number of amides is 1. The number of nitrogens with zero attached hydrogens (tertiary/aromatic N) is 1. The molecule has 7 nitrogen and oxygen atoms in total. The summed E-state index contributed by atoms with van der Waals surface area (Å²) in [5, 5.41) is 27.1. The number of hydrogen-bond donors (Lipinski definition) is 3. The third kappa shape index (κ3) is 2.32. The molecule has 1 rings (SSSR count). The van der Waals surface area contributed by atoms with E-state index in [2.05, 4.69) is 0 Å². The largest absolute Gasteiger partial charge is 0.481 e. The second kappa shape index (κ2) is 3.90. The van der Waals surface area contributed by atoms with E-state index in [1.54, 1.807) is 0 Å². The maximum atomic E-state index is 11.1. The Morgan fingerprint density at radius 3 is 1.53 bits per heavy atom. The third-order valence-electron chi connectivity index (χ3n) is 3.16. The lowest BCUT2D eigenvalue weighted by Gasteiger charge is -2.44. The van der Waals surface area contributed by atoms with Crippen LogP contribution in [0, 0.1) is 10.8 Å². The molecule has 0 aromatic heterocycles. The van der Waals surface area contributed by atoms with Crippen LogP contribution in [0.15, 0.2) is 0 Å². The predicted molar refractivity (Wildman–Crippen MR) is 55.7 cm³/mol. The Kier molecular flexibility index (Phi) is 3.05. The van der Waals surface area contributed by atoms with Gasteiger partial charge in [-0.05, 0) is 20.3 Å². The van der Waals surface area contributed by atoms with Crippen LogP contribution < -0.4 is 0 Å². The van der Waals surface area contributed by atoms with E-state index < -0.39 is 28.9 Å². The van der Waals surface area contributed by atoms with Crippen LogP contribution in [0.3, 0.4) is 0 Å². The highest BCUT2D eigenvalue weighted by Crippen LogP contribution is 2.40. The van der Waals surface area contributed by atoms with E-state index in [4.69, 9.17) is 15.3 Å². The van der Waals surface area contributed by atoms with Gasteiger partial charge in [0.15, 0.2) is 0 Å². The van der Waals surface area contributed by atoms with Crippen molar-refractivity contribution in [3.05, 3.63) is 0 Å². The molecule has 1 heterocycles. The second-order valence-electron chi connectivity index (χ2n) is 5.05. The molecule has 1 fully saturated rings. The first-order chi connectivity index (χ1) is 7.61. The standard InChI is InChI=1S/C10H15NO6/c1-9(6(12)13)3-10(2,7(14)15)5-11(4-9)8(16)17/h3-5H2,1-2H3,(H,12,13)(H,14,15)(H,16,17). The van der Waals surface area contributed by atoms with E-state index in [9.17, 15) is 14.4 Å². The minimum atomic E-state index is -1.37. The molecule has 1 amide bonds. The summed E-state index contributed by atoms with van der Waals surface area (Å²) in [4.78, 5) is 34.1. The fourth-order valence-electron chi connectivity index (χ4n) is 2.29. The van der Waals surface area contributed by atoms with Gasteiger partial charge in [0.1, 0.15) is 0 Å². The molecule has 0 aromatic carbocycles. The van der Waals surface area contributed by atoms with E-state index in [0.717, 1.165) is 4.90 Å². The van der Waals surface area contributed by atoms with E-state index >= 15 is 0 Å². The molecule has 0 saturated carbocycles. The van der Waals surface area contributed by atoms with E-state index in [1.807, 2.05) is 0 Å². The van der Waals surface area contributed by atoms with Gasteiger partial charge in [0.25, 0.3) is 0 Å². The van der Waals surface area contributed by atoms with Crippen molar-refractivity contribution in [2.75, 3.05) is 13.1 Å². The molecule has 0 aliphatic carbocycles. The van der Waals surface area contributed by atoms with Crippen LogP contribution in [0.5, 0.6) is 0 Å². The fraction of sp³-hybridized carbons (Fsp3) is 0.700. The number of aliphatic carboxylic acids is 2. The first-order valence-electron chi connectivity index (χ1n) is 5.05. The van der Waals surface area contributed by atoms with Gasteiger partial charge in [-0.3, -0.25) is 9.59 Å². The summed E-state index contributed by atoms with van der Waals surface area (Å²) < 4.78 is 0. The Morgan fingerprint density at radius 1 is 0.941 bits per heavy atom. The first kappa shape index (κ1) is 13.3.